The van der Waals surface area contributed by atoms with Gasteiger partial charge >= 0.3 is 0 Å². The third-order valence-electron chi connectivity index (χ3n) is 5.30. The van der Waals surface area contributed by atoms with E-state index in [0.29, 0.717) is 23.3 Å². The van der Waals surface area contributed by atoms with Crippen molar-refractivity contribution in [2.24, 2.45) is 0 Å². The number of aromatic nitrogens is 3. The number of nitrogens with one attached hydrogen (secondary N) is 2. The van der Waals surface area contributed by atoms with E-state index in [2.05, 4.69) is 22.5 Å². The number of carbonyl (C=O) groups excluding carboxylic acids is 1. The molecule has 1 atom stereocenters. The average Bonchev–Trinajstić information content (AvgIpc) is 3.20. The Morgan fingerprint density at radius 2 is 1.97 bits per heavy atom. The summed E-state index contributed by atoms with van der Waals surface area (Å²) < 4.78 is 7.42. The number of ether oxygens (including phenoxy) is 1. The number of amides is 1. The van der Waals surface area contributed by atoms with Gasteiger partial charge in [-0.2, -0.15) is 4.98 Å². The highest BCUT2D eigenvalue weighted by Gasteiger charge is 2.34. The van der Waals surface area contributed by atoms with Crippen LogP contribution in [0.25, 0.3) is 0 Å². The summed E-state index contributed by atoms with van der Waals surface area (Å²) in [5.41, 5.74) is 4.14. The summed E-state index contributed by atoms with van der Waals surface area (Å²) in [6, 6.07) is 15.2. The van der Waals surface area contributed by atoms with Crippen molar-refractivity contribution in [2.45, 2.75) is 45.3 Å². The van der Waals surface area contributed by atoms with Crippen molar-refractivity contribution >= 4 is 29.3 Å². The Morgan fingerprint density at radius 1 is 1.18 bits per heavy atom. The second-order valence-corrected chi connectivity index (χ2v) is 8.96. The highest BCUT2D eigenvalue weighted by atomic mass is 32.2. The summed E-state index contributed by atoms with van der Waals surface area (Å²) >= 11 is 1.61. The molecule has 1 unspecified atom stereocenters. The average molecular weight is 464 g/mol. The van der Waals surface area contributed by atoms with Gasteiger partial charge in [-0.05, 0) is 62.6 Å². The molecule has 4 rings (SSSR count). The first-order chi connectivity index (χ1) is 16.0. The van der Waals surface area contributed by atoms with Gasteiger partial charge in [-0.3, -0.25) is 4.79 Å². The molecule has 0 spiro atoms. The van der Waals surface area contributed by atoms with E-state index in [0.717, 1.165) is 40.4 Å². The van der Waals surface area contributed by atoms with Crippen LogP contribution in [0.5, 0.6) is 5.75 Å². The normalized spacial score (nSPS) is 15.1. The number of hydrogen-bond donors (Lipinski definition) is 2. The van der Waals surface area contributed by atoms with Crippen LogP contribution in [0.1, 0.15) is 44.4 Å². The Labute approximate surface area is 198 Å². The summed E-state index contributed by atoms with van der Waals surface area (Å²) in [5.74, 6) is 2.19. The van der Waals surface area contributed by atoms with Crippen molar-refractivity contribution in [2.75, 3.05) is 23.0 Å². The fourth-order valence-corrected chi connectivity index (χ4v) is 4.51. The van der Waals surface area contributed by atoms with Crippen LogP contribution >= 0.6 is 11.8 Å². The SMILES string of the molecule is CCCSc1nc2n(n1)C(c1ccc(OCC)cc1)C(C(=O)Nc1cccc(C)c1)=C(C)N2. The van der Waals surface area contributed by atoms with Crippen LogP contribution in [-0.4, -0.2) is 33.0 Å². The molecule has 0 bridgehead atoms. The molecule has 1 amide bonds. The minimum absolute atomic E-state index is 0.173. The van der Waals surface area contributed by atoms with E-state index in [1.165, 1.54) is 0 Å². The van der Waals surface area contributed by atoms with Crippen LogP contribution in [0, 0.1) is 6.92 Å². The maximum Gasteiger partial charge on any atom is 0.255 e. The molecule has 1 aliphatic rings. The number of hydrogen-bond acceptors (Lipinski definition) is 6. The lowest BCUT2D eigenvalue weighted by molar-refractivity contribution is -0.113. The fraction of sp³-hybridized carbons (Fsp3) is 0.320. The predicted octanol–water partition coefficient (Wildman–Crippen LogP) is 5.41. The Kier molecular flexibility index (Phi) is 7.03. The van der Waals surface area contributed by atoms with Gasteiger partial charge in [-0.1, -0.05) is 43.0 Å². The minimum atomic E-state index is -0.412. The van der Waals surface area contributed by atoms with Crippen molar-refractivity contribution in [1.82, 2.24) is 14.8 Å². The highest BCUT2D eigenvalue weighted by Crippen LogP contribution is 2.37. The van der Waals surface area contributed by atoms with Crippen LogP contribution < -0.4 is 15.4 Å². The van der Waals surface area contributed by atoms with Gasteiger partial charge in [0.15, 0.2) is 0 Å². The van der Waals surface area contributed by atoms with Gasteiger partial charge in [0.05, 0.1) is 12.2 Å². The summed E-state index contributed by atoms with van der Waals surface area (Å²) in [7, 11) is 0. The zero-order valence-corrected chi connectivity index (χ0v) is 20.2. The van der Waals surface area contributed by atoms with Crippen molar-refractivity contribution in [3.63, 3.8) is 0 Å². The smallest absolute Gasteiger partial charge is 0.255 e. The Morgan fingerprint density at radius 3 is 2.67 bits per heavy atom. The van der Waals surface area contributed by atoms with Crippen LogP contribution in [0.2, 0.25) is 0 Å². The zero-order chi connectivity index (χ0) is 23.4. The molecule has 0 saturated carbocycles. The summed E-state index contributed by atoms with van der Waals surface area (Å²) in [6.45, 7) is 8.59. The molecular weight excluding hydrogens is 434 g/mol. The van der Waals surface area contributed by atoms with E-state index in [-0.39, 0.29) is 5.91 Å². The standard InChI is InChI=1S/C25H29N5O2S/c1-5-14-33-25-28-24-26-17(4)21(23(31)27-19-9-7-8-16(3)15-19)22(30(24)29-25)18-10-12-20(13-11-18)32-6-2/h7-13,15,22H,5-6,14H2,1-4H3,(H,27,31)(H,26,28,29). The first-order valence-electron chi connectivity index (χ1n) is 11.2. The first-order valence-corrected chi connectivity index (χ1v) is 12.2. The van der Waals surface area contributed by atoms with E-state index >= 15 is 0 Å². The Bertz CT molecular complexity index is 1170. The highest BCUT2D eigenvalue weighted by molar-refractivity contribution is 7.99. The van der Waals surface area contributed by atoms with Crippen molar-refractivity contribution in [1.29, 1.82) is 0 Å². The van der Waals surface area contributed by atoms with Gasteiger partial charge < -0.3 is 15.4 Å². The predicted molar refractivity (Wildman–Crippen MR) is 133 cm³/mol. The number of aryl methyl sites for hydroxylation is 1. The lowest BCUT2D eigenvalue weighted by Crippen LogP contribution is -2.31. The van der Waals surface area contributed by atoms with Crippen molar-refractivity contribution in [3.8, 4) is 5.75 Å². The lowest BCUT2D eigenvalue weighted by Gasteiger charge is -2.28. The van der Waals surface area contributed by atoms with Gasteiger partial charge in [0.1, 0.15) is 11.8 Å². The topological polar surface area (TPSA) is 81.1 Å². The third-order valence-corrected chi connectivity index (χ3v) is 6.34. The zero-order valence-electron chi connectivity index (χ0n) is 19.4. The molecule has 8 heteroatoms. The second-order valence-electron chi connectivity index (χ2n) is 7.90. The number of carbonyl (C=O) groups is 1. The summed E-state index contributed by atoms with van der Waals surface area (Å²) in [4.78, 5) is 18.2. The number of nitrogens with zero attached hydrogens (tertiary/aromatic N) is 3. The molecule has 33 heavy (non-hydrogen) atoms. The fourth-order valence-electron chi connectivity index (χ4n) is 3.82. The van der Waals surface area contributed by atoms with E-state index < -0.39 is 6.04 Å². The summed E-state index contributed by atoms with van der Waals surface area (Å²) in [5, 5.41) is 11.8. The molecule has 2 aromatic carbocycles. The van der Waals surface area contributed by atoms with Gasteiger partial charge in [-0.25, -0.2) is 4.68 Å². The maximum atomic E-state index is 13.5. The maximum absolute atomic E-state index is 13.5. The molecule has 2 N–H and O–H groups in total. The van der Waals surface area contributed by atoms with E-state index in [1.54, 1.807) is 11.8 Å². The summed E-state index contributed by atoms with van der Waals surface area (Å²) in [6.07, 6.45) is 1.03. The number of anilines is 2. The molecule has 0 saturated heterocycles. The Balaban J connectivity index is 1.74. The molecule has 2 heterocycles. The number of allylic oxidation sites excluding steroid dienone is 1. The molecule has 0 fully saturated rings. The third kappa shape index (κ3) is 5.06. The number of fused-ring (bicyclic) bond motifs is 1. The van der Waals surface area contributed by atoms with Crippen LogP contribution in [0.4, 0.5) is 11.6 Å². The quantitative estimate of drug-likeness (QED) is 0.435. The largest absolute Gasteiger partial charge is 0.494 e. The van der Waals surface area contributed by atoms with Crippen LogP contribution in [0.15, 0.2) is 65.0 Å². The molecule has 1 aliphatic heterocycles. The van der Waals surface area contributed by atoms with Gasteiger partial charge in [-0.15, -0.1) is 5.10 Å². The molecular formula is C25H29N5O2S. The molecule has 7 nitrogen and oxygen atoms in total. The van der Waals surface area contributed by atoms with Gasteiger partial charge in [0.25, 0.3) is 5.91 Å². The Hall–Kier alpha value is -3.26. The van der Waals surface area contributed by atoms with E-state index in [9.17, 15) is 4.79 Å². The second kappa shape index (κ2) is 10.1. The molecule has 0 radical (unpaired) electrons. The van der Waals surface area contributed by atoms with Crippen molar-refractivity contribution < 1.29 is 9.53 Å². The molecule has 172 valence electrons. The number of thioether (sulfide) groups is 1. The van der Waals surface area contributed by atoms with Crippen LogP contribution in [-0.2, 0) is 4.79 Å². The van der Waals surface area contributed by atoms with Crippen LogP contribution in [0.3, 0.4) is 0 Å². The number of benzene rings is 2. The van der Waals surface area contributed by atoms with Gasteiger partial charge in [0.2, 0.25) is 11.1 Å². The minimum Gasteiger partial charge on any atom is -0.494 e. The first kappa shape index (κ1) is 22.9. The van der Waals surface area contributed by atoms with E-state index in [4.69, 9.17) is 9.84 Å². The molecule has 3 aromatic rings. The number of rotatable bonds is 8. The van der Waals surface area contributed by atoms with E-state index in [1.807, 2.05) is 74.0 Å². The molecule has 1 aromatic heterocycles. The van der Waals surface area contributed by atoms with Crippen molar-refractivity contribution in [3.05, 3.63) is 70.9 Å². The van der Waals surface area contributed by atoms with Gasteiger partial charge in [0, 0.05) is 17.1 Å². The molecule has 0 aliphatic carbocycles. The monoisotopic (exact) mass is 463 g/mol. The lowest BCUT2D eigenvalue weighted by atomic mass is 9.95.